The Morgan fingerprint density at radius 1 is 1.32 bits per heavy atom. The number of alkyl halides is 3. The van der Waals surface area contributed by atoms with E-state index in [0.29, 0.717) is 28.2 Å². The van der Waals surface area contributed by atoms with Gasteiger partial charge in [0, 0.05) is 18.0 Å². The number of hydrazone groups is 1. The summed E-state index contributed by atoms with van der Waals surface area (Å²) in [5, 5.41) is 14.5. The third-order valence-electron chi connectivity index (χ3n) is 4.70. The van der Waals surface area contributed by atoms with E-state index in [-0.39, 0.29) is 24.7 Å². The van der Waals surface area contributed by atoms with Gasteiger partial charge in [-0.15, -0.1) is 0 Å². The quantitative estimate of drug-likeness (QED) is 0.869. The summed E-state index contributed by atoms with van der Waals surface area (Å²) in [6, 6.07) is 4.29. The minimum absolute atomic E-state index is 0.0121. The molecule has 0 saturated heterocycles. The minimum Gasteiger partial charge on any atom is -0.506 e. The zero-order chi connectivity index (χ0) is 20.1. The van der Waals surface area contributed by atoms with Crippen LogP contribution in [0.4, 0.5) is 13.2 Å². The van der Waals surface area contributed by atoms with Crippen LogP contribution < -0.4 is 0 Å². The molecule has 0 aliphatic carbocycles. The van der Waals surface area contributed by atoms with E-state index in [1.807, 2.05) is 0 Å². The van der Waals surface area contributed by atoms with Crippen molar-refractivity contribution < 1.29 is 23.1 Å². The number of pyridine rings is 2. The highest BCUT2D eigenvalue weighted by Gasteiger charge is 2.38. The lowest BCUT2D eigenvalue weighted by Crippen LogP contribution is -2.41. The predicted molar refractivity (Wildman–Crippen MR) is 93.7 cm³/mol. The molecule has 7 nitrogen and oxygen atoms in total. The lowest BCUT2D eigenvalue weighted by Gasteiger charge is -2.23. The SMILES string of the molecule is Cc1ncc(-c2ccc3c(n2)CN(C2C=NN(CC(F)(F)F)C2)C3=O)cc1O. The van der Waals surface area contributed by atoms with Crippen molar-refractivity contribution >= 4 is 12.1 Å². The van der Waals surface area contributed by atoms with Crippen molar-refractivity contribution in [2.75, 3.05) is 13.1 Å². The maximum Gasteiger partial charge on any atom is 0.407 e. The van der Waals surface area contributed by atoms with Crippen LogP contribution in [0.5, 0.6) is 5.75 Å². The molecule has 146 valence electrons. The van der Waals surface area contributed by atoms with Crippen molar-refractivity contribution in [2.24, 2.45) is 5.10 Å². The molecule has 0 radical (unpaired) electrons. The smallest absolute Gasteiger partial charge is 0.407 e. The van der Waals surface area contributed by atoms with Gasteiger partial charge in [0.15, 0.2) is 0 Å². The zero-order valence-electron chi connectivity index (χ0n) is 14.8. The number of rotatable bonds is 3. The van der Waals surface area contributed by atoms with E-state index in [4.69, 9.17) is 0 Å². The molecule has 0 fully saturated rings. The van der Waals surface area contributed by atoms with Crippen molar-refractivity contribution in [3.63, 3.8) is 0 Å². The fourth-order valence-electron chi connectivity index (χ4n) is 3.27. The number of halogens is 3. The van der Waals surface area contributed by atoms with Crippen LogP contribution in [0.25, 0.3) is 11.3 Å². The number of aromatic nitrogens is 2. The zero-order valence-corrected chi connectivity index (χ0v) is 14.8. The topological polar surface area (TPSA) is 81.9 Å². The molecule has 1 unspecified atom stereocenters. The van der Waals surface area contributed by atoms with Gasteiger partial charge in [-0.25, -0.2) is 0 Å². The van der Waals surface area contributed by atoms with Crippen molar-refractivity contribution in [3.8, 4) is 17.0 Å². The maximum absolute atomic E-state index is 12.7. The lowest BCUT2D eigenvalue weighted by molar-refractivity contribution is -0.145. The second-order valence-electron chi connectivity index (χ2n) is 6.75. The number of hydrogen-bond acceptors (Lipinski definition) is 6. The monoisotopic (exact) mass is 391 g/mol. The molecule has 1 atom stereocenters. The Kier molecular flexibility index (Phi) is 4.20. The van der Waals surface area contributed by atoms with Crippen LogP contribution in [0.1, 0.15) is 21.7 Å². The van der Waals surface area contributed by atoms with Crippen molar-refractivity contribution in [1.29, 1.82) is 0 Å². The molecule has 0 aromatic carbocycles. The van der Waals surface area contributed by atoms with Gasteiger partial charge in [-0.1, -0.05) is 0 Å². The van der Waals surface area contributed by atoms with Gasteiger partial charge in [-0.2, -0.15) is 18.3 Å². The third-order valence-corrected chi connectivity index (χ3v) is 4.70. The normalized spacial score (nSPS) is 18.9. The fraction of sp³-hybridized carbons (Fsp3) is 0.333. The Balaban J connectivity index is 1.53. The highest BCUT2D eigenvalue weighted by atomic mass is 19.4. The number of carbonyl (C=O) groups is 1. The number of nitrogens with zero attached hydrogens (tertiary/aromatic N) is 5. The highest BCUT2D eigenvalue weighted by molar-refractivity contribution is 5.99. The van der Waals surface area contributed by atoms with E-state index in [0.717, 1.165) is 5.01 Å². The Morgan fingerprint density at radius 2 is 2.11 bits per heavy atom. The Labute approximate surface area is 158 Å². The van der Waals surface area contributed by atoms with Gasteiger partial charge in [0.05, 0.1) is 41.8 Å². The van der Waals surface area contributed by atoms with Crippen LogP contribution in [-0.4, -0.2) is 62.4 Å². The van der Waals surface area contributed by atoms with E-state index >= 15 is 0 Å². The van der Waals surface area contributed by atoms with E-state index in [1.54, 1.807) is 31.3 Å². The summed E-state index contributed by atoms with van der Waals surface area (Å²) in [5.74, 6) is -0.242. The van der Waals surface area contributed by atoms with Crippen LogP contribution in [0.2, 0.25) is 0 Å². The highest BCUT2D eigenvalue weighted by Crippen LogP contribution is 2.29. The van der Waals surface area contributed by atoms with E-state index < -0.39 is 18.8 Å². The first-order chi connectivity index (χ1) is 13.2. The molecular weight excluding hydrogens is 375 g/mol. The number of carbonyl (C=O) groups excluding carboxylic acids is 1. The first-order valence-corrected chi connectivity index (χ1v) is 8.54. The van der Waals surface area contributed by atoms with Crippen molar-refractivity contribution in [3.05, 3.63) is 41.3 Å². The fourth-order valence-corrected chi connectivity index (χ4v) is 3.27. The van der Waals surface area contributed by atoms with Gasteiger partial charge >= 0.3 is 6.18 Å². The van der Waals surface area contributed by atoms with Gasteiger partial charge in [0.25, 0.3) is 5.91 Å². The van der Waals surface area contributed by atoms with Crippen LogP contribution >= 0.6 is 0 Å². The first kappa shape index (κ1) is 18.2. The summed E-state index contributed by atoms with van der Waals surface area (Å²) in [6.45, 7) is 0.698. The molecule has 0 bridgehead atoms. The Bertz CT molecular complexity index is 976. The maximum atomic E-state index is 12.7. The Hall–Kier alpha value is -3.17. The molecule has 28 heavy (non-hydrogen) atoms. The summed E-state index contributed by atoms with van der Waals surface area (Å²) in [4.78, 5) is 22.7. The minimum atomic E-state index is -4.35. The average Bonchev–Trinajstić information content (AvgIpc) is 3.20. The first-order valence-electron chi connectivity index (χ1n) is 8.54. The van der Waals surface area contributed by atoms with Crippen LogP contribution in [0, 0.1) is 6.92 Å². The second kappa shape index (κ2) is 6.47. The molecule has 4 rings (SSSR count). The summed E-state index contributed by atoms with van der Waals surface area (Å²) < 4.78 is 37.6. The molecule has 2 aliphatic rings. The summed E-state index contributed by atoms with van der Waals surface area (Å²) in [6.07, 6.45) is -1.41. The van der Waals surface area contributed by atoms with Gasteiger partial charge in [0.2, 0.25) is 0 Å². The second-order valence-corrected chi connectivity index (χ2v) is 6.75. The van der Waals surface area contributed by atoms with E-state index in [9.17, 15) is 23.1 Å². The molecule has 4 heterocycles. The predicted octanol–water partition coefficient (Wildman–Crippen LogP) is 2.35. The summed E-state index contributed by atoms with van der Waals surface area (Å²) in [7, 11) is 0. The lowest BCUT2D eigenvalue weighted by atomic mass is 10.1. The molecule has 2 aliphatic heterocycles. The third kappa shape index (κ3) is 3.37. The molecule has 0 spiro atoms. The molecular formula is C18H16F3N5O2. The molecule has 1 N–H and O–H groups in total. The van der Waals surface area contributed by atoms with Crippen LogP contribution in [0.15, 0.2) is 29.5 Å². The van der Waals surface area contributed by atoms with Gasteiger partial charge < -0.3 is 10.0 Å². The molecule has 2 aromatic heterocycles. The van der Waals surface area contributed by atoms with Crippen molar-refractivity contribution in [1.82, 2.24) is 19.9 Å². The number of aromatic hydroxyl groups is 1. The average molecular weight is 391 g/mol. The largest absolute Gasteiger partial charge is 0.506 e. The van der Waals surface area contributed by atoms with E-state index in [2.05, 4.69) is 15.1 Å². The van der Waals surface area contributed by atoms with Crippen molar-refractivity contribution in [2.45, 2.75) is 25.7 Å². The summed E-state index contributed by atoms with van der Waals surface area (Å²) >= 11 is 0. The Morgan fingerprint density at radius 3 is 2.82 bits per heavy atom. The van der Waals surface area contributed by atoms with Gasteiger partial charge in [-0.3, -0.25) is 19.8 Å². The van der Waals surface area contributed by atoms with Crippen LogP contribution in [0.3, 0.4) is 0 Å². The number of aryl methyl sites for hydroxylation is 1. The standard InChI is InChI=1S/C18H16F3N5O2/c1-10-16(27)4-11(5-22-10)14-3-2-13-15(24-14)8-26(17(13)28)12-6-23-25(7-12)9-18(19,20)21/h2-6,12,27H,7-9H2,1H3. The number of amides is 1. The number of hydrogen-bond donors (Lipinski definition) is 1. The summed E-state index contributed by atoms with van der Waals surface area (Å²) in [5.41, 5.74) is 2.60. The molecule has 2 aromatic rings. The van der Waals surface area contributed by atoms with Gasteiger partial charge in [-0.05, 0) is 25.1 Å². The van der Waals surface area contributed by atoms with Gasteiger partial charge in [0.1, 0.15) is 12.3 Å². The number of fused-ring (bicyclic) bond motifs is 1. The molecule has 0 saturated carbocycles. The van der Waals surface area contributed by atoms with Crippen LogP contribution in [-0.2, 0) is 6.54 Å². The molecule has 1 amide bonds. The van der Waals surface area contributed by atoms with E-state index in [1.165, 1.54) is 11.1 Å². The molecule has 10 heteroatoms.